The van der Waals surface area contributed by atoms with E-state index >= 15 is 0 Å². The first kappa shape index (κ1) is 20.1. The van der Waals surface area contributed by atoms with Gasteiger partial charge >= 0.3 is 0 Å². The molecule has 0 aliphatic heterocycles. The van der Waals surface area contributed by atoms with Crippen LogP contribution in [-0.2, 0) is 6.42 Å². The molecule has 0 saturated carbocycles. The van der Waals surface area contributed by atoms with Crippen molar-refractivity contribution in [2.45, 2.75) is 19.3 Å². The summed E-state index contributed by atoms with van der Waals surface area (Å²) in [5, 5.41) is 2.76. The first-order valence-corrected chi connectivity index (χ1v) is 10.3. The Morgan fingerprint density at radius 2 is 1.80 bits per heavy atom. The van der Waals surface area contributed by atoms with Gasteiger partial charge in [-0.25, -0.2) is 0 Å². The highest BCUT2D eigenvalue weighted by atomic mass is 79.9. The average Bonchev–Trinajstić information content (AvgIpc) is 2.75. The fourth-order valence-corrected chi connectivity index (χ4v) is 4.00. The minimum Gasteiger partial charge on any atom is -0.497 e. The number of carbonyl (C=O) groups is 2. The number of rotatable bonds is 4. The number of halogens is 1. The summed E-state index contributed by atoms with van der Waals surface area (Å²) in [6, 6.07) is 15.5. The van der Waals surface area contributed by atoms with Gasteiger partial charge in [0.25, 0.3) is 11.5 Å². The number of hydrogen-bond donors (Lipinski definition) is 1. The van der Waals surface area contributed by atoms with Crippen LogP contribution in [0.1, 0.15) is 39.3 Å². The van der Waals surface area contributed by atoms with E-state index in [1.165, 1.54) is 10.6 Å². The van der Waals surface area contributed by atoms with Crippen molar-refractivity contribution in [3.8, 4) is 11.4 Å². The number of benzene rings is 2. The smallest absolute Gasteiger partial charge is 0.268 e. The van der Waals surface area contributed by atoms with Crippen molar-refractivity contribution in [1.82, 2.24) is 4.57 Å². The predicted molar refractivity (Wildman–Crippen MR) is 118 cm³/mol. The third-order valence-electron chi connectivity index (χ3n) is 5.12. The topological polar surface area (TPSA) is 77.4 Å². The first-order chi connectivity index (χ1) is 14.5. The van der Waals surface area contributed by atoms with E-state index in [4.69, 9.17) is 4.74 Å². The van der Waals surface area contributed by atoms with Gasteiger partial charge in [0, 0.05) is 27.8 Å². The number of nitrogens with one attached hydrogen (secondary N) is 1. The molecule has 0 fully saturated rings. The molecule has 1 heterocycles. The fourth-order valence-electron chi connectivity index (χ4n) is 3.61. The number of aromatic nitrogens is 1. The third-order valence-corrected chi connectivity index (χ3v) is 5.81. The lowest BCUT2D eigenvalue weighted by atomic mass is 9.92. The number of fused-ring (bicyclic) bond motifs is 1. The van der Waals surface area contributed by atoms with E-state index in [1.807, 2.05) is 6.07 Å². The van der Waals surface area contributed by atoms with E-state index in [2.05, 4.69) is 21.2 Å². The second-order valence-electron chi connectivity index (χ2n) is 6.97. The van der Waals surface area contributed by atoms with Gasteiger partial charge in [0.2, 0.25) is 0 Å². The van der Waals surface area contributed by atoms with Gasteiger partial charge in [-0.15, -0.1) is 0 Å². The molecule has 1 aliphatic carbocycles. The van der Waals surface area contributed by atoms with Crippen LogP contribution in [0.4, 0.5) is 5.69 Å². The molecule has 0 unspecified atom stereocenters. The Kier molecular flexibility index (Phi) is 5.55. The molecular formula is C23H19BrN2O4. The lowest BCUT2D eigenvalue weighted by Crippen LogP contribution is -2.33. The number of carbonyl (C=O) groups excluding carboxylic acids is 2. The molecule has 4 rings (SSSR count). The average molecular weight is 467 g/mol. The van der Waals surface area contributed by atoms with Crippen molar-refractivity contribution >= 4 is 33.3 Å². The number of Topliss-reactive ketones (excluding diaryl/α,β-unsaturated/α-hetero) is 1. The summed E-state index contributed by atoms with van der Waals surface area (Å²) in [6.07, 6.45) is 1.66. The molecule has 0 bridgehead atoms. The highest BCUT2D eigenvalue weighted by Gasteiger charge is 2.26. The highest BCUT2D eigenvalue weighted by molar-refractivity contribution is 9.10. The summed E-state index contributed by atoms with van der Waals surface area (Å²) in [5.74, 6) is 0.0309. The summed E-state index contributed by atoms with van der Waals surface area (Å²) in [4.78, 5) is 38.9. The van der Waals surface area contributed by atoms with Crippen molar-refractivity contribution in [2.75, 3.05) is 12.4 Å². The lowest BCUT2D eigenvalue weighted by Gasteiger charge is -2.22. The standard InChI is InChI=1S/C23H19BrN2O4/c1-30-15-11-9-14(10-12-15)26-20-7-4-8-21(27)16(20)13-17(23(26)29)22(28)25-19-6-3-2-5-18(19)24/h2-3,5-6,9-13H,4,7-8H2,1H3,(H,25,28). The maximum atomic E-state index is 13.4. The van der Waals surface area contributed by atoms with E-state index in [-0.39, 0.29) is 11.3 Å². The van der Waals surface area contributed by atoms with Crippen LogP contribution < -0.4 is 15.6 Å². The Labute approximate surface area is 181 Å². The van der Waals surface area contributed by atoms with Gasteiger partial charge in [-0.05, 0) is 71.2 Å². The van der Waals surface area contributed by atoms with Crippen molar-refractivity contribution in [1.29, 1.82) is 0 Å². The maximum Gasteiger partial charge on any atom is 0.268 e. The molecule has 0 atom stereocenters. The number of ether oxygens (including phenoxy) is 1. The molecule has 1 aliphatic rings. The SMILES string of the molecule is COc1ccc(-n2c3c(cc(C(=O)Nc4ccccc4Br)c2=O)C(=O)CCC3)cc1. The highest BCUT2D eigenvalue weighted by Crippen LogP contribution is 2.26. The molecule has 152 valence electrons. The minimum atomic E-state index is -0.560. The Balaban J connectivity index is 1.86. The summed E-state index contributed by atoms with van der Waals surface area (Å²) in [5.41, 5.74) is 1.66. The van der Waals surface area contributed by atoms with Crippen LogP contribution in [0.5, 0.6) is 5.75 Å². The van der Waals surface area contributed by atoms with E-state index in [1.54, 1.807) is 49.6 Å². The molecule has 30 heavy (non-hydrogen) atoms. The van der Waals surface area contributed by atoms with Crippen LogP contribution in [0, 0.1) is 0 Å². The Morgan fingerprint density at radius 3 is 2.50 bits per heavy atom. The molecule has 2 aromatic carbocycles. The van der Waals surface area contributed by atoms with Crippen LogP contribution in [0.15, 0.2) is 63.9 Å². The monoisotopic (exact) mass is 466 g/mol. The van der Waals surface area contributed by atoms with Gasteiger partial charge in [0.05, 0.1) is 12.8 Å². The number of pyridine rings is 1. The Bertz CT molecular complexity index is 1200. The van der Waals surface area contributed by atoms with Crippen molar-refractivity contribution in [2.24, 2.45) is 0 Å². The minimum absolute atomic E-state index is 0.0616. The Hall–Kier alpha value is -3.19. The Morgan fingerprint density at radius 1 is 1.07 bits per heavy atom. The second kappa shape index (κ2) is 8.28. The predicted octanol–water partition coefficient (Wildman–Crippen LogP) is 4.38. The van der Waals surface area contributed by atoms with Crippen LogP contribution in [-0.4, -0.2) is 23.4 Å². The summed E-state index contributed by atoms with van der Waals surface area (Å²) >= 11 is 3.39. The maximum absolute atomic E-state index is 13.4. The number of nitrogens with zero attached hydrogens (tertiary/aromatic N) is 1. The van der Waals surface area contributed by atoms with Gasteiger partial charge in [-0.3, -0.25) is 19.0 Å². The molecule has 1 aromatic heterocycles. The van der Waals surface area contributed by atoms with E-state index in [0.29, 0.717) is 52.1 Å². The van der Waals surface area contributed by atoms with Crippen LogP contribution >= 0.6 is 15.9 Å². The molecule has 7 heteroatoms. The molecule has 0 radical (unpaired) electrons. The number of ketones is 1. The van der Waals surface area contributed by atoms with Crippen molar-refractivity contribution < 1.29 is 14.3 Å². The molecule has 1 amide bonds. The number of anilines is 1. The number of amides is 1. The number of para-hydroxylation sites is 1. The number of hydrogen-bond acceptors (Lipinski definition) is 4. The summed E-state index contributed by atoms with van der Waals surface area (Å²) < 4.78 is 7.36. The van der Waals surface area contributed by atoms with Gasteiger partial charge < -0.3 is 10.1 Å². The summed E-state index contributed by atoms with van der Waals surface area (Å²) in [7, 11) is 1.56. The summed E-state index contributed by atoms with van der Waals surface area (Å²) in [6.45, 7) is 0. The van der Waals surface area contributed by atoms with Gasteiger partial charge in [-0.1, -0.05) is 12.1 Å². The zero-order valence-corrected chi connectivity index (χ0v) is 17.9. The lowest BCUT2D eigenvalue weighted by molar-refractivity contribution is 0.0971. The van der Waals surface area contributed by atoms with Crippen LogP contribution in [0.25, 0.3) is 5.69 Å². The molecule has 0 spiro atoms. The van der Waals surface area contributed by atoms with Gasteiger partial charge in [0.1, 0.15) is 11.3 Å². The van der Waals surface area contributed by atoms with E-state index in [9.17, 15) is 14.4 Å². The normalized spacial score (nSPS) is 12.9. The third kappa shape index (κ3) is 3.68. The molecule has 3 aromatic rings. The van der Waals surface area contributed by atoms with Gasteiger partial charge in [0.15, 0.2) is 5.78 Å². The molecule has 1 N–H and O–H groups in total. The quantitative estimate of drug-likeness (QED) is 0.618. The van der Waals surface area contributed by atoms with Gasteiger partial charge in [-0.2, -0.15) is 0 Å². The van der Waals surface area contributed by atoms with E-state index < -0.39 is 11.5 Å². The number of methoxy groups -OCH3 is 1. The van der Waals surface area contributed by atoms with Crippen molar-refractivity contribution in [3.63, 3.8) is 0 Å². The second-order valence-corrected chi connectivity index (χ2v) is 7.82. The molecule has 0 saturated heterocycles. The van der Waals surface area contributed by atoms with Crippen LogP contribution in [0.3, 0.4) is 0 Å². The molecular weight excluding hydrogens is 448 g/mol. The van der Waals surface area contributed by atoms with Crippen molar-refractivity contribution in [3.05, 3.63) is 86.2 Å². The first-order valence-electron chi connectivity index (χ1n) is 9.52. The fraction of sp³-hybridized carbons (Fsp3) is 0.174. The zero-order valence-electron chi connectivity index (χ0n) is 16.3. The van der Waals surface area contributed by atoms with E-state index in [0.717, 1.165) is 0 Å². The zero-order chi connectivity index (χ0) is 21.3. The van der Waals surface area contributed by atoms with Crippen LogP contribution in [0.2, 0.25) is 0 Å². The largest absolute Gasteiger partial charge is 0.497 e. The molecule has 6 nitrogen and oxygen atoms in total.